The highest BCUT2D eigenvalue weighted by Gasteiger charge is 2.20. The minimum atomic E-state index is 0.306. The van der Waals surface area contributed by atoms with E-state index in [2.05, 4.69) is 48.3 Å². The van der Waals surface area contributed by atoms with Gasteiger partial charge in [-0.2, -0.15) is 0 Å². The molecule has 0 radical (unpaired) electrons. The minimum Gasteiger partial charge on any atom is -0.383 e. The van der Waals surface area contributed by atoms with Gasteiger partial charge in [0.1, 0.15) is 0 Å². The molecule has 0 aliphatic heterocycles. The van der Waals surface area contributed by atoms with Gasteiger partial charge in [-0.3, -0.25) is 0 Å². The molecule has 21 heavy (non-hydrogen) atoms. The molecule has 0 heterocycles. The topological polar surface area (TPSA) is 33.7 Å². The van der Waals surface area contributed by atoms with Crippen molar-refractivity contribution in [3.63, 3.8) is 0 Å². The van der Waals surface area contributed by atoms with Gasteiger partial charge in [0, 0.05) is 38.5 Å². The summed E-state index contributed by atoms with van der Waals surface area (Å²) in [6.07, 6.45) is 1.06. The van der Waals surface area contributed by atoms with Gasteiger partial charge in [-0.1, -0.05) is 25.1 Å². The van der Waals surface area contributed by atoms with Gasteiger partial charge < -0.3 is 19.7 Å². The van der Waals surface area contributed by atoms with Crippen molar-refractivity contribution in [2.75, 3.05) is 45.9 Å². The van der Waals surface area contributed by atoms with E-state index in [0.29, 0.717) is 25.3 Å². The van der Waals surface area contributed by atoms with Crippen LogP contribution in [0, 0.1) is 0 Å². The third kappa shape index (κ3) is 4.99. The monoisotopic (exact) mass is 294 g/mol. The molecule has 2 unspecified atom stereocenters. The number of hydrogen-bond donors (Lipinski definition) is 1. The predicted octanol–water partition coefficient (Wildman–Crippen LogP) is 2.84. The molecule has 1 rings (SSSR count). The van der Waals surface area contributed by atoms with Gasteiger partial charge in [0.25, 0.3) is 0 Å². The Morgan fingerprint density at radius 2 is 1.90 bits per heavy atom. The second-order valence-corrected chi connectivity index (χ2v) is 5.30. The molecule has 0 saturated heterocycles. The normalized spacial score (nSPS) is 14.0. The molecule has 0 saturated carbocycles. The van der Waals surface area contributed by atoms with Gasteiger partial charge in [0.2, 0.25) is 0 Å². The highest BCUT2D eigenvalue weighted by atomic mass is 16.5. The molecule has 0 spiro atoms. The van der Waals surface area contributed by atoms with E-state index in [1.807, 2.05) is 7.05 Å². The largest absolute Gasteiger partial charge is 0.383 e. The Labute approximate surface area is 129 Å². The van der Waals surface area contributed by atoms with Crippen molar-refractivity contribution >= 4 is 5.69 Å². The van der Waals surface area contributed by atoms with Crippen LogP contribution in [-0.2, 0) is 9.47 Å². The zero-order valence-electron chi connectivity index (χ0n) is 14.1. The second kappa shape index (κ2) is 9.77. The minimum absolute atomic E-state index is 0.306. The lowest BCUT2D eigenvalue weighted by Gasteiger charge is -2.34. The van der Waals surface area contributed by atoms with E-state index in [1.165, 1.54) is 11.3 Å². The maximum Gasteiger partial charge on any atom is 0.0663 e. The molecular weight excluding hydrogens is 264 g/mol. The lowest BCUT2D eigenvalue weighted by Crippen LogP contribution is -2.39. The van der Waals surface area contributed by atoms with Crippen LogP contribution in [0.25, 0.3) is 0 Å². The number of methoxy groups -OCH3 is 2. The Morgan fingerprint density at radius 3 is 2.48 bits per heavy atom. The van der Waals surface area contributed by atoms with E-state index < -0.39 is 0 Å². The van der Waals surface area contributed by atoms with Crippen LogP contribution in [-0.4, -0.2) is 47.1 Å². The highest BCUT2D eigenvalue weighted by Crippen LogP contribution is 2.29. The van der Waals surface area contributed by atoms with Crippen molar-refractivity contribution in [2.24, 2.45) is 0 Å². The van der Waals surface area contributed by atoms with Gasteiger partial charge in [-0.25, -0.2) is 0 Å². The molecule has 0 bridgehead atoms. The third-order valence-corrected chi connectivity index (χ3v) is 3.85. The van der Waals surface area contributed by atoms with Crippen LogP contribution in [0.4, 0.5) is 5.69 Å². The number of anilines is 1. The number of rotatable bonds is 10. The lowest BCUT2D eigenvalue weighted by atomic mass is 10.0. The smallest absolute Gasteiger partial charge is 0.0663 e. The van der Waals surface area contributed by atoms with E-state index in [1.54, 1.807) is 14.2 Å². The molecular formula is C17H30N2O2. The summed E-state index contributed by atoms with van der Waals surface area (Å²) >= 11 is 0. The molecule has 0 aromatic heterocycles. The maximum atomic E-state index is 5.34. The molecule has 2 atom stereocenters. The summed E-state index contributed by atoms with van der Waals surface area (Å²) in [5.41, 5.74) is 2.60. The van der Waals surface area contributed by atoms with Crippen molar-refractivity contribution in [3.8, 4) is 0 Å². The molecule has 1 aromatic carbocycles. The summed E-state index contributed by atoms with van der Waals surface area (Å²) in [7, 11) is 5.51. The van der Waals surface area contributed by atoms with Crippen molar-refractivity contribution in [1.29, 1.82) is 0 Å². The Morgan fingerprint density at radius 1 is 1.19 bits per heavy atom. The van der Waals surface area contributed by atoms with Gasteiger partial charge in [0.05, 0.1) is 13.2 Å². The first-order valence-corrected chi connectivity index (χ1v) is 7.70. The van der Waals surface area contributed by atoms with E-state index in [-0.39, 0.29) is 0 Å². The number of benzene rings is 1. The summed E-state index contributed by atoms with van der Waals surface area (Å²) in [5, 5.41) is 3.40. The Bertz CT molecular complexity index is 394. The molecule has 0 aliphatic rings. The first kappa shape index (κ1) is 18.0. The Balaban J connectivity index is 3.10. The zero-order valence-corrected chi connectivity index (χ0v) is 14.1. The van der Waals surface area contributed by atoms with Crippen LogP contribution in [0.1, 0.15) is 31.9 Å². The Kier molecular flexibility index (Phi) is 8.35. The highest BCUT2D eigenvalue weighted by molar-refractivity contribution is 5.55. The molecule has 0 fully saturated rings. The van der Waals surface area contributed by atoms with Crippen molar-refractivity contribution < 1.29 is 9.47 Å². The first-order valence-electron chi connectivity index (χ1n) is 7.70. The molecule has 120 valence electrons. The van der Waals surface area contributed by atoms with Crippen LogP contribution in [0.5, 0.6) is 0 Å². The van der Waals surface area contributed by atoms with Gasteiger partial charge in [-0.15, -0.1) is 0 Å². The fourth-order valence-corrected chi connectivity index (χ4v) is 2.72. The quantitative estimate of drug-likeness (QED) is 0.719. The number of nitrogens with one attached hydrogen (secondary N) is 1. The third-order valence-electron chi connectivity index (χ3n) is 3.85. The molecule has 0 amide bonds. The fourth-order valence-electron chi connectivity index (χ4n) is 2.72. The molecule has 1 N–H and O–H groups in total. The first-order chi connectivity index (χ1) is 10.2. The Hall–Kier alpha value is -1.10. The molecule has 4 nitrogen and oxygen atoms in total. The zero-order chi connectivity index (χ0) is 15.7. The van der Waals surface area contributed by atoms with E-state index >= 15 is 0 Å². The van der Waals surface area contributed by atoms with Gasteiger partial charge in [-0.05, 0) is 32.0 Å². The van der Waals surface area contributed by atoms with Crippen LogP contribution in [0.2, 0.25) is 0 Å². The summed E-state index contributed by atoms with van der Waals surface area (Å²) in [4.78, 5) is 2.38. The van der Waals surface area contributed by atoms with Crippen molar-refractivity contribution in [3.05, 3.63) is 29.8 Å². The second-order valence-electron chi connectivity index (χ2n) is 5.30. The van der Waals surface area contributed by atoms with Crippen molar-refractivity contribution in [2.45, 2.75) is 32.4 Å². The summed E-state index contributed by atoms with van der Waals surface area (Å²) in [6.45, 7) is 6.66. The predicted molar refractivity (Wildman–Crippen MR) is 89.1 cm³/mol. The molecule has 0 aliphatic carbocycles. The average molecular weight is 294 g/mol. The van der Waals surface area contributed by atoms with E-state index in [4.69, 9.17) is 9.47 Å². The standard InChI is InChI=1S/C17H30N2O2/c1-6-16(18-3)15-9-7-8-10-17(15)19(11-12-20-4)14(2)13-21-5/h7-10,14,16,18H,6,11-13H2,1-5H3. The fraction of sp³-hybridized carbons (Fsp3) is 0.647. The van der Waals surface area contributed by atoms with Crippen LogP contribution >= 0.6 is 0 Å². The van der Waals surface area contributed by atoms with Crippen LogP contribution in [0.3, 0.4) is 0 Å². The van der Waals surface area contributed by atoms with Gasteiger partial charge >= 0.3 is 0 Å². The summed E-state index contributed by atoms with van der Waals surface area (Å²) in [6, 6.07) is 9.27. The summed E-state index contributed by atoms with van der Waals surface area (Å²) in [5.74, 6) is 0. The van der Waals surface area contributed by atoms with Crippen molar-refractivity contribution in [1.82, 2.24) is 5.32 Å². The number of ether oxygens (including phenoxy) is 2. The van der Waals surface area contributed by atoms with E-state index in [0.717, 1.165) is 13.0 Å². The van der Waals surface area contributed by atoms with Crippen LogP contribution < -0.4 is 10.2 Å². The van der Waals surface area contributed by atoms with Gasteiger partial charge in [0.15, 0.2) is 0 Å². The summed E-state index contributed by atoms with van der Waals surface area (Å²) < 4.78 is 10.6. The SMILES string of the molecule is CCC(NC)c1ccccc1N(CCOC)C(C)COC. The number of hydrogen-bond acceptors (Lipinski definition) is 4. The van der Waals surface area contributed by atoms with Crippen LogP contribution in [0.15, 0.2) is 24.3 Å². The lowest BCUT2D eigenvalue weighted by molar-refractivity contribution is 0.171. The average Bonchev–Trinajstić information content (AvgIpc) is 2.50. The molecule has 4 heteroatoms. The van der Waals surface area contributed by atoms with E-state index in [9.17, 15) is 0 Å². The number of nitrogens with zero attached hydrogens (tertiary/aromatic N) is 1. The maximum absolute atomic E-state index is 5.34. The molecule has 1 aromatic rings. The number of para-hydroxylation sites is 1.